The topological polar surface area (TPSA) is 75.1 Å². The van der Waals surface area contributed by atoms with Crippen LogP contribution in [0.5, 0.6) is 0 Å². The maximum atomic E-state index is 11.0. The molecular formula is C13H15N3O2. The Balaban J connectivity index is 2.50. The van der Waals surface area contributed by atoms with E-state index in [0.717, 1.165) is 11.9 Å². The van der Waals surface area contributed by atoms with Crippen LogP contribution in [-0.2, 0) is 0 Å². The van der Waals surface area contributed by atoms with Gasteiger partial charge >= 0.3 is 5.97 Å². The summed E-state index contributed by atoms with van der Waals surface area (Å²) in [6.07, 6.45) is 0. The Morgan fingerprint density at radius 1 is 1.33 bits per heavy atom. The van der Waals surface area contributed by atoms with E-state index in [-0.39, 0.29) is 5.82 Å². The lowest BCUT2D eigenvalue weighted by atomic mass is 10.2. The van der Waals surface area contributed by atoms with Crippen LogP contribution < -0.4 is 5.32 Å². The van der Waals surface area contributed by atoms with Crippen LogP contribution in [0.4, 0.5) is 5.82 Å². The van der Waals surface area contributed by atoms with E-state index in [0.29, 0.717) is 17.3 Å². The Bertz CT molecular complexity index is 581. The molecule has 0 atom stereocenters. The highest BCUT2D eigenvalue weighted by molar-refractivity contribution is 5.93. The van der Waals surface area contributed by atoms with Crippen molar-refractivity contribution in [3.8, 4) is 0 Å². The monoisotopic (exact) mass is 245 g/mol. The van der Waals surface area contributed by atoms with E-state index in [9.17, 15) is 4.79 Å². The number of anilines is 1. The summed E-state index contributed by atoms with van der Waals surface area (Å²) in [6, 6.07) is 7.37. The minimum Gasteiger partial charge on any atom is -0.475 e. The summed E-state index contributed by atoms with van der Waals surface area (Å²) in [5.74, 6) is -0.271. The molecule has 0 saturated carbocycles. The molecule has 0 saturated heterocycles. The molecule has 1 heterocycles. The number of nitrogens with zero attached hydrogens (tertiary/aromatic N) is 2. The molecule has 0 spiro atoms. The summed E-state index contributed by atoms with van der Waals surface area (Å²) in [5, 5.41) is 13.0. The fourth-order valence-electron chi connectivity index (χ4n) is 1.61. The lowest BCUT2D eigenvalue weighted by Crippen LogP contribution is -2.13. The van der Waals surface area contributed by atoms with Gasteiger partial charge in [-0.3, -0.25) is 0 Å². The molecule has 0 unspecified atom stereocenters. The van der Waals surface area contributed by atoms with Crippen LogP contribution in [0.3, 0.4) is 0 Å². The Hall–Kier alpha value is -2.17. The highest BCUT2D eigenvalue weighted by Gasteiger charge is 2.12. The van der Waals surface area contributed by atoms with Gasteiger partial charge in [0.2, 0.25) is 5.82 Å². The molecule has 5 heteroatoms. The number of nitrogens with one attached hydrogen (secondary N) is 1. The zero-order valence-electron chi connectivity index (χ0n) is 10.3. The molecule has 1 aromatic carbocycles. The molecule has 2 rings (SSSR count). The van der Waals surface area contributed by atoms with E-state index in [4.69, 9.17) is 5.11 Å². The maximum Gasteiger partial charge on any atom is 0.374 e. The minimum absolute atomic E-state index is 0.181. The third kappa shape index (κ3) is 2.56. The fourth-order valence-corrected chi connectivity index (χ4v) is 1.61. The second-order valence-electron chi connectivity index (χ2n) is 4.49. The van der Waals surface area contributed by atoms with E-state index in [2.05, 4.69) is 29.1 Å². The van der Waals surface area contributed by atoms with Crippen molar-refractivity contribution < 1.29 is 9.90 Å². The first kappa shape index (κ1) is 12.3. The molecule has 0 fully saturated rings. The maximum absolute atomic E-state index is 11.0. The number of para-hydroxylation sites is 1. The van der Waals surface area contributed by atoms with Crippen molar-refractivity contribution in [2.75, 3.05) is 11.9 Å². The number of rotatable bonds is 4. The van der Waals surface area contributed by atoms with Gasteiger partial charge in [-0.1, -0.05) is 26.0 Å². The lowest BCUT2D eigenvalue weighted by Gasteiger charge is -2.11. The smallest absolute Gasteiger partial charge is 0.374 e. The van der Waals surface area contributed by atoms with E-state index in [1.165, 1.54) is 0 Å². The number of hydrogen-bond donors (Lipinski definition) is 2. The number of aromatic carboxylic acids is 1. The van der Waals surface area contributed by atoms with Crippen molar-refractivity contribution in [3.63, 3.8) is 0 Å². The van der Waals surface area contributed by atoms with Crippen LogP contribution in [0.1, 0.15) is 24.5 Å². The van der Waals surface area contributed by atoms with Crippen LogP contribution in [0.25, 0.3) is 10.9 Å². The molecule has 5 nitrogen and oxygen atoms in total. The summed E-state index contributed by atoms with van der Waals surface area (Å²) in [4.78, 5) is 19.0. The van der Waals surface area contributed by atoms with Gasteiger partial charge in [-0.25, -0.2) is 14.8 Å². The second-order valence-corrected chi connectivity index (χ2v) is 4.49. The molecule has 2 N–H and O–H groups in total. The standard InChI is InChI=1S/C13H15N3O2/c1-8(2)7-14-11-9-5-3-4-6-10(9)15-12(16-11)13(17)18/h3-6,8H,7H2,1-2H3,(H,17,18)(H,14,15,16). The van der Waals surface area contributed by atoms with Crippen molar-refractivity contribution in [1.29, 1.82) is 0 Å². The van der Waals surface area contributed by atoms with Crippen LogP contribution in [0.2, 0.25) is 0 Å². The predicted octanol–water partition coefficient (Wildman–Crippen LogP) is 2.40. The minimum atomic E-state index is -1.12. The quantitative estimate of drug-likeness (QED) is 0.865. The molecule has 1 aromatic heterocycles. The number of fused-ring (bicyclic) bond motifs is 1. The number of carboxylic acid groups (broad SMARTS) is 1. The zero-order chi connectivity index (χ0) is 13.1. The molecule has 18 heavy (non-hydrogen) atoms. The van der Waals surface area contributed by atoms with Gasteiger partial charge in [0.1, 0.15) is 5.82 Å². The molecular weight excluding hydrogens is 230 g/mol. The fraction of sp³-hybridized carbons (Fsp3) is 0.308. The number of hydrogen-bond acceptors (Lipinski definition) is 4. The zero-order valence-corrected chi connectivity index (χ0v) is 10.3. The van der Waals surface area contributed by atoms with E-state index >= 15 is 0 Å². The molecule has 0 bridgehead atoms. The highest BCUT2D eigenvalue weighted by atomic mass is 16.4. The summed E-state index contributed by atoms with van der Waals surface area (Å²) >= 11 is 0. The largest absolute Gasteiger partial charge is 0.475 e. The normalized spacial score (nSPS) is 10.8. The molecule has 0 amide bonds. The second kappa shape index (κ2) is 5.00. The van der Waals surface area contributed by atoms with Gasteiger partial charge in [0.05, 0.1) is 5.52 Å². The van der Waals surface area contributed by atoms with Crippen LogP contribution in [-0.4, -0.2) is 27.6 Å². The van der Waals surface area contributed by atoms with E-state index < -0.39 is 5.97 Å². The van der Waals surface area contributed by atoms with Gasteiger partial charge in [-0.2, -0.15) is 0 Å². The SMILES string of the molecule is CC(C)CNc1nc(C(=O)O)nc2ccccc12. The van der Waals surface area contributed by atoms with Gasteiger partial charge in [0, 0.05) is 11.9 Å². The van der Waals surface area contributed by atoms with Gasteiger partial charge in [0.25, 0.3) is 0 Å². The molecule has 0 aliphatic rings. The van der Waals surface area contributed by atoms with E-state index in [1.807, 2.05) is 18.2 Å². The lowest BCUT2D eigenvalue weighted by molar-refractivity contribution is 0.0684. The Labute approximate surface area is 105 Å². The van der Waals surface area contributed by atoms with Crippen molar-refractivity contribution in [2.24, 2.45) is 5.92 Å². The first-order chi connectivity index (χ1) is 8.58. The summed E-state index contributed by atoms with van der Waals surface area (Å²) in [5.41, 5.74) is 0.635. The van der Waals surface area contributed by atoms with Crippen molar-refractivity contribution in [3.05, 3.63) is 30.1 Å². The Morgan fingerprint density at radius 3 is 2.72 bits per heavy atom. The number of carbonyl (C=O) groups is 1. The summed E-state index contributed by atoms with van der Waals surface area (Å²) in [7, 11) is 0. The van der Waals surface area contributed by atoms with Crippen LogP contribution >= 0.6 is 0 Å². The summed E-state index contributed by atoms with van der Waals surface area (Å²) < 4.78 is 0. The van der Waals surface area contributed by atoms with Crippen molar-refractivity contribution in [2.45, 2.75) is 13.8 Å². The van der Waals surface area contributed by atoms with Gasteiger partial charge < -0.3 is 10.4 Å². The Kier molecular flexibility index (Phi) is 3.41. The number of benzene rings is 1. The van der Waals surface area contributed by atoms with Crippen molar-refractivity contribution in [1.82, 2.24) is 9.97 Å². The van der Waals surface area contributed by atoms with Crippen molar-refractivity contribution >= 4 is 22.7 Å². The molecule has 0 aliphatic carbocycles. The van der Waals surface area contributed by atoms with Gasteiger partial charge in [0.15, 0.2) is 0 Å². The first-order valence-corrected chi connectivity index (χ1v) is 5.82. The molecule has 94 valence electrons. The average Bonchev–Trinajstić information content (AvgIpc) is 2.35. The van der Waals surface area contributed by atoms with Crippen LogP contribution in [0, 0.1) is 5.92 Å². The van der Waals surface area contributed by atoms with Gasteiger partial charge in [-0.05, 0) is 18.1 Å². The Morgan fingerprint density at radius 2 is 2.06 bits per heavy atom. The predicted molar refractivity (Wildman–Crippen MR) is 69.8 cm³/mol. The van der Waals surface area contributed by atoms with E-state index in [1.54, 1.807) is 6.07 Å². The number of carboxylic acids is 1. The number of aromatic nitrogens is 2. The van der Waals surface area contributed by atoms with Crippen LogP contribution in [0.15, 0.2) is 24.3 Å². The third-order valence-corrected chi connectivity index (χ3v) is 2.47. The highest BCUT2D eigenvalue weighted by Crippen LogP contribution is 2.20. The first-order valence-electron chi connectivity index (χ1n) is 5.82. The molecule has 0 aliphatic heterocycles. The summed E-state index contributed by atoms with van der Waals surface area (Å²) in [6.45, 7) is 4.89. The average molecular weight is 245 g/mol. The third-order valence-electron chi connectivity index (χ3n) is 2.47. The molecule has 2 aromatic rings. The van der Waals surface area contributed by atoms with Gasteiger partial charge in [-0.15, -0.1) is 0 Å². The molecule has 0 radical (unpaired) electrons.